The molecular formula is C41H61BN6O9S2. The van der Waals surface area contributed by atoms with Crippen molar-refractivity contribution >= 4 is 60.7 Å². The number of fused-ring (bicyclic) bond motifs is 3. The molecule has 3 aliphatic heterocycles. The number of cyclic esters (lactones) is 2. The number of esters is 2. The number of nitrogens with zero attached hydrogens (tertiary/aromatic N) is 1. The fourth-order valence-electron chi connectivity index (χ4n) is 7.06. The molecule has 4 amide bonds. The van der Waals surface area contributed by atoms with Crippen LogP contribution >= 0.6 is 23.1 Å². The summed E-state index contributed by atoms with van der Waals surface area (Å²) in [5.41, 5.74) is 2.29. The van der Waals surface area contributed by atoms with Gasteiger partial charge in [-0.2, -0.15) is 11.8 Å². The first-order valence-corrected chi connectivity index (χ1v) is 22.5. The second-order valence-corrected chi connectivity index (χ2v) is 17.6. The first-order chi connectivity index (χ1) is 28.3. The van der Waals surface area contributed by atoms with Crippen molar-refractivity contribution in [1.29, 1.82) is 0 Å². The van der Waals surface area contributed by atoms with Gasteiger partial charge in [-0.1, -0.05) is 44.1 Å². The van der Waals surface area contributed by atoms with Gasteiger partial charge in [-0.15, -0.1) is 16.8 Å². The molecule has 5 N–H and O–H groups in total. The van der Waals surface area contributed by atoms with E-state index >= 15 is 0 Å². The molecule has 4 rings (SSSR count). The first kappa shape index (κ1) is 48.0. The molecule has 2 bridgehead atoms. The van der Waals surface area contributed by atoms with Crippen LogP contribution in [0.2, 0.25) is 0 Å². The quantitative estimate of drug-likeness (QED) is 0.0627. The highest BCUT2D eigenvalue weighted by Gasteiger charge is 2.42. The predicted octanol–water partition coefficient (Wildman–Crippen LogP) is 3.34. The summed E-state index contributed by atoms with van der Waals surface area (Å²) in [7, 11) is 5.93. The largest absolute Gasteiger partial charge is 0.462 e. The van der Waals surface area contributed by atoms with Gasteiger partial charge in [-0.3, -0.25) is 14.4 Å². The molecule has 4 unspecified atom stereocenters. The van der Waals surface area contributed by atoms with Crippen LogP contribution in [0.1, 0.15) is 89.3 Å². The number of nitrogens with one attached hydrogen (secondary N) is 5. The van der Waals surface area contributed by atoms with Crippen molar-refractivity contribution in [1.82, 2.24) is 31.6 Å². The standard InChI is InChI=1S/C41H61BN6O9S2/c1-26-8-7-11-38(51)57-31(20-28(3)42)22-37-46-32(24-59-37)27(2)19-30(21-39(52)56-29(4)18-26)45-23-36(50)44-13-15-55-17-16-54-14-12-43-35(49)10-6-5-9-34-40-33(25-58-34)47-41(53)48-40/h7-8,11,20,24,27,29-31,33-34,40,45H,5-6,9-10,12-19,21-23,25H2,1-4H3,(H,43,49)(H,44,50)(H2,47,48,53)/b11-7-,26-8+,28-20+/t27-,29?,30+,31?,33?,34-,40?/m0/s1. The third kappa shape index (κ3) is 18.6. The Labute approximate surface area is 357 Å². The third-order valence-corrected chi connectivity index (χ3v) is 12.3. The Morgan fingerprint density at radius 1 is 1.00 bits per heavy atom. The van der Waals surface area contributed by atoms with Gasteiger partial charge in [0.1, 0.15) is 20.1 Å². The Hall–Kier alpha value is -3.71. The zero-order chi connectivity index (χ0) is 42.6. The number of thiazole rings is 1. The number of allylic oxidation sites excluding steroid dienone is 3. The van der Waals surface area contributed by atoms with Crippen LogP contribution < -0.4 is 26.6 Å². The van der Waals surface area contributed by atoms with E-state index in [4.69, 9.17) is 31.8 Å². The van der Waals surface area contributed by atoms with Crippen molar-refractivity contribution in [3.8, 4) is 0 Å². The van der Waals surface area contributed by atoms with E-state index in [0.29, 0.717) is 75.9 Å². The van der Waals surface area contributed by atoms with E-state index in [9.17, 15) is 24.0 Å². The smallest absolute Gasteiger partial charge is 0.331 e. The molecule has 3 aliphatic rings. The summed E-state index contributed by atoms with van der Waals surface area (Å²) in [6.45, 7) is 9.58. The Balaban J connectivity index is 1.11. The lowest BCUT2D eigenvalue weighted by Crippen LogP contribution is -2.42. The lowest BCUT2D eigenvalue weighted by Gasteiger charge is -2.22. The summed E-state index contributed by atoms with van der Waals surface area (Å²) in [6, 6.07) is -0.0273. The minimum atomic E-state index is -0.581. The Kier molecular flexibility index (Phi) is 21.0. The lowest BCUT2D eigenvalue weighted by atomic mass is 9.95. The number of ether oxygens (including phenoxy) is 4. The summed E-state index contributed by atoms with van der Waals surface area (Å²) in [5, 5.41) is 18.1. The van der Waals surface area contributed by atoms with Gasteiger partial charge in [0.15, 0.2) is 0 Å². The van der Waals surface area contributed by atoms with Gasteiger partial charge in [0.25, 0.3) is 0 Å². The molecule has 2 fully saturated rings. The van der Waals surface area contributed by atoms with Crippen molar-refractivity contribution in [3.05, 3.63) is 51.4 Å². The molecule has 15 nitrogen and oxygen atoms in total. The number of hydrogen-bond donors (Lipinski definition) is 5. The molecule has 324 valence electrons. The minimum absolute atomic E-state index is 0.000947. The van der Waals surface area contributed by atoms with Crippen LogP contribution in [0.5, 0.6) is 0 Å². The van der Waals surface area contributed by atoms with Gasteiger partial charge in [0.05, 0.1) is 62.2 Å². The van der Waals surface area contributed by atoms with Crippen LogP contribution in [0, 0.1) is 0 Å². The predicted molar refractivity (Wildman–Crippen MR) is 229 cm³/mol. The van der Waals surface area contributed by atoms with Gasteiger partial charge in [0, 0.05) is 66.8 Å². The minimum Gasteiger partial charge on any atom is -0.462 e. The van der Waals surface area contributed by atoms with Gasteiger partial charge in [-0.25, -0.2) is 14.6 Å². The zero-order valence-electron chi connectivity index (χ0n) is 34.8. The molecule has 2 saturated heterocycles. The second kappa shape index (κ2) is 25.8. The Morgan fingerprint density at radius 3 is 2.49 bits per heavy atom. The summed E-state index contributed by atoms with van der Waals surface area (Å²) in [6.07, 6.45) is 10.1. The van der Waals surface area contributed by atoms with E-state index in [-0.39, 0.29) is 60.8 Å². The fraction of sp³-hybridized carbons (Fsp3) is 0.659. The van der Waals surface area contributed by atoms with Crippen LogP contribution in [0.25, 0.3) is 0 Å². The van der Waals surface area contributed by atoms with Gasteiger partial charge in [0.2, 0.25) is 11.8 Å². The molecule has 4 heterocycles. The number of carbonyl (C=O) groups is 5. The SMILES string of the molecule is [B]/C(C)=C/C1Cc2nc(cs2)[C@@H](C)C[C@@H](NCC(=O)NCCOCCOCCNC(=O)CCCC[C@@H]2SCC3NC(=O)NC32)CC(=O)OC(C)C/C(C)=C/C=C\C(=O)O1. The number of aromatic nitrogens is 1. The number of amides is 4. The van der Waals surface area contributed by atoms with Crippen LogP contribution in [-0.4, -0.2) is 130 Å². The molecule has 18 heteroatoms. The summed E-state index contributed by atoms with van der Waals surface area (Å²) in [4.78, 5) is 66.9. The van der Waals surface area contributed by atoms with Crippen LogP contribution in [-0.2, 0) is 44.5 Å². The molecule has 59 heavy (non-hydrogen) atoms. The van der Waals surface area contributed by atoms with Gasteiger partial charge >= 0.3 is 18.0 Å². The Morgan fingerprint density at radius 2 is 1.75 bits per heavy atom. The van der Waals surface area contributed by atoms with Gasteiger partial charge < -0.3 is 45.5 Å². The molecule has 0 saturated carbocycles. The normalized spacial score (nSPS) is 27.1. The van der Waals surface area contributed by atoms with Crippen LogP contribution in [0.3, 0.4) is 0 Å². The van der Waals surface area contributed by atoms with Crippen LogP contribution in [0.15, 0.2) is 40.7 Å². The number of unbranched alkanes of at least 4 members (excludes halogenated alkanes) is 1. The van der Waals surface area contributed by atoms with Crippen molar-refractivity contribution in [2.24, 2.45) is 0 Å². The molecule has 0 aromatic carbocycles. The highest BCUT2D eigenvalue weighted by molar-refractivity contribution is 8.00. The van der Waals surface area contributed by atoms with E-state index in [0.717, 1.165) is 41.3 Å². The maximum atomic E-state index is 13.1. The summed E-state index contributed by atoms with van der Waals surface area (Å²) < 4.78 is 22.5. The molecule has 1 aromatic rings. The molecule has 0 spiro atoms. The molecular weight excluding hydrogens is 795 g/mol. The lowest BCUT2D eigenvalue weighted by molar-refractivity contribution is -0.149. The Bertz CT molecular complexity index is 1640. The third-order valence-electron chi connectivity index (χ3n) is 9.91. The molecule has 2 radical (unpaired) electrons. The number of rotatable bonds is 18. The van der Waals surface area contributed by atoms with Crippen LogP contribution in [0.4, 0.5) is 4.79 Å². The van der Waals surface area contributed by atoms with Crippen molar-refractivity contribution in [2.45, 2.75) is 121 Å². The molecule has 0 aliphatic carbocycles. The van der Waals surface area contributed by atoms with Crippen molar-refractivity contribution in [3.63, 3.8) is 0 Å². The fourth-order valence-corrected chi connectivity index (χ4v) is 9.56. The molecule has 1 aromatic heterocycles. The first-order valence-electron chi connectivity index (χ1n) is 20.6. The van der Waals surface area contributed by atoms with Crippen molar-refractivity contribution in [2.75, 3.05) is 51.8 Å². The number of hydrogen-bond acceptors (Lipinski definition) is 13. The zero-order valence-corrected chi connectivity index (χ0v) is 36.4. The average molecular weight is 857 g/mol. The average Bonchev–Trinajstić information content (AvgIpc) is 3.88. The van der Waals surface area contributed by atoms with E-state index in [2.05, 4.69) is 26.6 Å². The monoisotopic (exact) mass is 856 g/mol. The van der Waals surface area contributed by atoms with Gasteiger partial charge in [-0.05, 0) is 33.1 Å². The van der Waals surface area contributed by atoms with E-state index in [1.807, 2.05) is 37.9 Å². The molecule has 7 atom stereocenters. The van der Waals surface area contributed by atoms with E-state index < -0.39 is 18.2 Å². The van der Waals surface area contributed by atoms with Crippen molar-refractivity contribution < 1.29 is 42.9 Å². The maximum Gasteiger partial charge on any atom is 0.331 e. The highest BCUT2D eigenvalue weighted by atomic mass is 32.2. The number of urea groups is 1. The second-order valence-electron chi connectivity index (χ2n) is 15.3. The van der Waals surface area contributed by atoms with E-state index in [1.165, 1.54) is 17.4 Å². The van der Waals surface area contributed by atoms with E-state index in [1.54, 1.807) is 25.2 Å². The highest BCUT2D eigenvalue weighted by Crippen LogP contribution is 2.33. The summed E-state index contributed by atoms with van der Waals surface area (Å²) in [5.74, 6) is -0.222. The summed E-state index contributed by atoms with van der Waals surface area (Å²) >= 11 is 3.35. The maximum absolute atomic E-state index is 13.1. The number of thioether (sulfide) groups is 1. The number of carbonyl (C=O) groups excluding carboxylic acids is 5. The topological polar surface area (TPSA) is 195 Å².